The molecule has 1 aliphatic heterocycles. The predicted octanol–water partition coefficient (Wildman–Crippen LogP) is 4.21. The Balaban J connectivity index is 1.64. The van der Waals surface area contributed by atoms with Crippen LogP contribution in [0.5, 0.6) is 0 Å². The average Bonchev–Trinajstić information content (AvgIpc) is 3.13. The van der Waals surface area contributed by atoms with E-state index in [1.165, 1.54) is 0 Å². The van der Waals surface area contributed by atoms with Crippen LogP contribution in [-0.2, 0) is 4.79 Å². The molecule has 7 heteroatoms. The molecule has 28 heavy (non-hydrogen) atoms. The Labute approximate surface area is 168 Å². The molecule has 2 aromatic heterocycles. The van der Waals surface area contributed by atoms with Gasteiger partial charge in [0, 0.05) is 49.0 Å². The van der Waals surface area contributed by atoms with Crippen molar-refractivity contribution in [2.75, 3.05) is 18.4 Å². The second-order valence-electron chi connectivity index (χ2n) is 6.99. The van der Waals surface area contributed by atoms with Crippen molar-refractivity contribution < 1.29 is 4.79 Å². The lowest BCUT2D eigenvalue weighted by Gasteiger charge is -2.31. The van der Waals surface area contributed by atoms with Crippen molar-refractivity contribution in [1.29, 1.82) is 0 Å². The number of carbonyl (C=O) groups is 1. The second kappa shape index (κ2) is 8.02. The first kappa shape index (κ1) is 18.5. The number of likely N-dealkylation sites (tertiary alicyclic amines) is 1. The van der Waals surface area contributed by atoms with Crippen LogP contribution < -0.4 is 5.32 Å². The number of nitrogens with zero attached hydrogens (tertiary/aromatic N) is 3. The molecule has 0 atom stereocenters. The minimum atomic E-state index is 0.140. The number of hydrogen-bond acceptors (Lipinski definition) is 4. The molecule has 1 aliphatic rings. The highest BCUT2D eigenvalue weighted by Gasteiger charge is 2.24. The topological polar surface area (TPSA) is 73.9 Å². The highest BCUT2D eigenvalue weighted by Crippen LogP contribution is 2.37. The normalized spacial score (nSPS) is 14.9. The van der Waals surface area contributed by atoms with Crippen LogP contribution in [0.3, 0.4) is 0 Å². The third-order valence-corrected chi connectivity index (χ3v) is 5.40. The number of hydrogen-bond donors (Lipinski definition) is 2. The van der Waals surface area contributed by atoms with Gasteiger partial charge in [-0.15, -0.1) is 0 Å². The predicted molar refractivity (Wildman–Crippen MR) is 111 cm³/mol. The molecule has 6 nitrogen and oxygen atoms in total. The maximum atomic E-state index is 11.6. The number of piperidine rings is 1. The molecule has 2 N–H and O–H groups in total. The third-order valence-electron chi connectivity index (χ3n) is 5.15. The Hall–Kier alpha value is -2.86. The molecule has 0 bridgehead atoms. The van der Waals surface area contributed by atoms with Gasteiger partial charge in [-0.05, 0) is 42.7 Å². The molecular weight excluding hydrogens is 374 g/mol. The zero-order valence-electron chi connectivity index (χ0n) is 15.7. The van der Waals surface area contributed by atoms with Crippen molar-refractivity contribution in [3.63, 3.8) is 0 Å². The van der Waals surface area contributed by atoms with Crippen molar-refractivity contribution in [2.24, 2.45) is 0 Å². The fourth-order valence-corrected chi connectivity index (χ4v) is 3.73. The maximum absolute atomic E-state index is 11.6. The molecule has 3 aromatic rings. The number of pyridine rings is 1. The van der Waals surface area contributed by atoms with Crippen LogP contribution in [0, 0.1) is 0 Å². The lowest BCUT2D eigenvalue weighted by atomic mass is 10.0. The zero-order chi connectivity index (χ0) is 19.5. The molecule has 0 aliphatic carbocycles. The van der Waals surface area contributed by atoms with Gasteiger partial charge in [-0.25, -0.2) is 0 Å². The summed E-state index contributed by atoms with van der Waals surface area (Å²) in [7, 11) is 0. The zero-order valence-corrected chi connectivity index (χ0v) is 16.4. The lowest BCUT2D eigenvalue weighted by molar-refractivity contribution is -0.129. The van der Waals surface area contributed by atoms with Crippen LogP contribution in [0.1, 0.15) is 19.8 Å². The lowest BCUT2D eigenvalue weighted by Crippen LogP contribution is -2.41. The van der Waals surface area contributed by atoms with E-state index in [1.54, 1.807) is 19.3 Å². The summed E-state index contributed by atoms with van der Waals surface area (Å²) >= 11 is 6.05. The molecule has 144 valence electrons. The Morgan fingerprint density at radius 2 is 1.79 bits per heavy atom. The number of nitrogens with one attached hydrogen (secondary N) is 2. The van der Waals surface area contributed by atoms with E-state index in [2.05, 4.69) is 20.5 Å². The summed E-state index contributed by atoms with van der Waals surface area (Å²) in [6.45, 7) is 3.17. The molecule has 0 unspecified atom stereocenters. The summed E-state index contributed by atoms with van der Waals surface area (Å²) in [5, 5.41) is 12.0. The van der Waals surface area contributed by atoms with Gasteiger partial charge in [-0.1, -0.05) is 23.7 Å². The SMILES string of the molecule is CC(=O)N1CCC(Nc2n[nH]c(-c3ccc(Cl)cc3)c2-c2ccncc2)CC1. The van der Waals surface area contributed by atoms with E-state index >= 15 is 0 Å². The summed E-state index contributed by atoms with van der Waals surface area (Å²) in [5.74, 6) is 0.957. The molecule has 1 fully saturated rings. The summed E-state index contributed by atoms with van der Waals surface area (Å²) in [6, 6.07) is 11.9. The van der Waals surface area contributed by atoms with Crippen LogP contribution in [0.4, 0.5) is 5.82 Å². The Morgan fingerprint density at radius 3 is 2.43 bits per heavy atom. The van der Waals surface area contributed by atoms with Crippen molar-refractivity contribution in [2.45, 2.75) is 25.8 Å². The Morgan fingerprint density at radius 1 is 1.11 bits per heavy atom. The minimum absolute atomic E-state index is 0.140. The van der Waals surface area contributed by atoms with Gasteiger partial charge in [0.1, 0.15) is 0 Å². The van der Waals surface area contributed by atoms with E-state index in [4.69, 9.17) is 11.6 Å². The number of anilines is 1. The van der Waals surface area contributed by atoms with E-state index in [1.807, 2.05) is 41.3 Å². The number of rotatable bonds is 4. The van der Waals surface area contributed by atoms with Gasteiger partial charge in [0.05, 0.1) is 11.3 Å². The fraction of sp³-hybridized carbons (Fsp3) is 0.286. The number of carbonyl (C=O) groups excluding carboxylic acids is 1. The van der Waals surface area contributed by atoms with Crippen molar-refractivity contribution in [3.8, 4) is 22.4 Å². The van der Waals surface area contributed by atoms with E-state index in [-0.39, 0.29) is 11.9 Å². The molecule has 0 radical (unpaired) electrons. The van der Waals surface area contributed by atoms with Gasteiger partial charge in [-0.2, -0.15) is 5.10 Å². The van der Waals surface area contributed by atoms with E-state index in [0.29, 0.717) is 5.02 Å². The number of aromatic amines is 1. The van der Waals surface area contributed by atoms with Crippen LogP contribution >= 0.6 is 11.6 Å². The summed E-state index contributed by atoms with van der Waals surface area (Å²) in [6.07, 6.45) is 5.36. The standard InChI is InChI=1S/C21H22ClN5O/c1-14(28)27-12-8-18(9-13-27)24-21-19(15-6-10-23-11-7-15)20(25-26-21)16-2-4-17(22)5-3-16/h2-7,10-11,18H,8-9,12-13H2,1H3,(H2,24,25,26). The maximum Gasteiger partial charge on any atom is 0.219 e. The van der Waals surface area contributed by atoms with Crippen molar-refractivity contribution in [3.05, 3.63) is 53.8 Å². The van der Waals surface area contributed by atoms with Crippen LogP contribution in [0.25, 0.3) is 22.4 Å². The van der Waals surface area contributed by atoms with Gasteiger partial charge in [0.2, 0.25) is 5.91 Å². The van der Waals surface area contributed by atoms with Gasteiger partial charge in [0.15, 0.2) is 5.82 Å². The summed E-state index contributed by atoms with van der Waals surface area (Å²) in [5.41, 5.74) is 4.01. The molecule has 0 spiro atoms. The van der Waals surface area contributed by atoms with Gasteiger partial charge >= 0.3 is 0 Å². The van der Waals surface area contributed by atoms with E-state index in [9.17, 15) is 4.79 Å². The number of amides is 1. The molecule has 1 amide bonds. The van der Waals surface area contributed by atoms with Crippen LogP contribution in [-0.4, -0.2) is 45.1 Å². The number of benzene rings is 1. The van der Waals surface area contributed by atoms with Crippen molar-refractivity contribution in [1.82, 2.24) is 20.1 Å². The van der Waals surface area contributed by atoms with E-state index < -0.39 is 0 Å². The first-order valence-electron chi connectivity index (χ1n) is 9.38. The van der Waals surface area contributed by atoms with Gasteiger partial charge in [-0.3, -0.25) is 14.9 Å². The second-order valence-corrected chi connectivity index (χ2v) is 7.43. The molecule has 4 rings (SSSR count). The minimum Gasteiger partial charge on any atom is -0.365 e. The molecule has 1 saturated heterocycles. The first-order valence-corrected chi connectivity index (χ1v) is 9.76. The van der Waals surface area contributed by atoms with Gasteiger partial charge < -0.3 is 10.2 Å². The number of halogens is 1. The Bertz CT molecular complexity index is 947. The quantitative estimate of drug-likeness (QED) is 0.693. The van der Waals surface area contributed by atoms with E-state index in [0.717, 1.165) is 54.1 Å². The molecule has 0 saturated carbocycles. The third kappa shape index (κ3) is 3.87. The highest BCUT2D eigenvalue weighted by atomic mass is 35.5. The summed E-state index contributed by atoms with van der Waals surface area (Å²) < 4.78 is 0. The first-order chi connectivity index (χ1) is 13.6. The van der Waals surface area contributed by atoms with Gasteiger partial charge in [0.25, 0.3) is 0 Å². The summed E-state index contributed by atoms with van der Waals surface area (Å²) in [4.78, 5) is 17.6. The number of H-pyrrole nitrogens is 1. The van der Waals surface area contributed by atoms with Crippen LogP contribution in [0.15, 0.2) is 48.8 Å². The fourth-order valence-electron chi connectivity index (χ4n) is 3.60. The Kier molecular flexibility index (Phi) is 5.30. The largest absolute Gasteiger partial charge is 0.365 e. The van der Waals surface area contributed by atoms with Crippen LogP contribution in [0.2, 0.25) is 5.02 Å². The molecule has 1 aromatic carbocycles. The van der Waals surface area contributed by atoms with Crippen molar-refractivity contribution >= 4 is 23.3 Å². The highest BCUT2D eigenvalue weighted by molar-refractivity contribution is 6.30. The molecular formula is C21H22ClN5O. The smallest absolute Gasteiger partial charge is 0.219 e. The average molecular weight is 396 g/mol. The number of aromatic nitrogens is 3. The molecule has 3 heterocycles. The monoisotopic (exact) mass is 395 g/mol.